The molecule has 0 atom stereocenters. The number of amides is 1. The van der Waals surface area contributed by atoms with Crippen LogP contribution in [0.25, 0.3) is 11.5 Å². The van der Waals surface area contributed by atoms with Crippen LogP contribution in [0.4, 0.5) is 11.4 Å². The van der Waals surface area contributed by atoms with Crippen LogP contribution < -0.4 is 5.32 Å². The van der Waals surface area contributed by atoms with Crippen LogP contribution in [0.5, 0.6) is 0 Å². The quantitative estimate of drug-likeness (QED) is 0.565. The van der Waals surface area contributed by atoms with E-state index in [4.69, 9.17) is 4.42 Å². The van der Waals surface area contributed by atoms with E-state index in [9.17, 15) is 14.9 Å². The molecule has 0 fully saturated rings. The molecule has 0 aliphatic carbocycles. The fraction of sp³-hybridized carbons (Fsp3) is 0.111. The zero-order valence-corrected chi connectivity index (χ0v) is 13.4. The number of nitrogens with one attached hydrogen (secondary N) is 1. The number of nitrogens with zero attached hydrogens (tertiary/aromatic N) is 2. The molecule has 0 radical (unpaired) electrons. The molecule has 0 saturated heterocycles. The van der Waals surface area contributed by atoms with Crippen LogP contribution in [0.2, 0.25) is 0 Å². The molecule has 7 heteroatoms. The van der Waals surface area contributed by atoms with Gasteiger partial charge in [0, 0.05) is 22.9 Å². The Kier molecular flexibility index (Phi) is 4.56. The Morgan fingerprint density at radius 3 is 2.72 bits per heavy atom. The van der Waals surface area contributed by atoms with Gasteiger partial charge in [-0.3, -0.25) is 14.9 Å². The molecule has 0 spiro atoms. The number of benzene rings is 2. The third kappa shape index (κ3) is 3.89. The van der Waals surface area contributed by atoms with Crippen LogP contribution in [-0.4, -0.2) is 15.8 Å². The summed E-state index contributed by atoms with van der Waals surface area (Å²) < 4.78 is 5.39. The Morgan fingerprint density at radius 2 is 2.00 bits per heavy atom. The summed E-state index contributed by atoms with van der Waals surface area (Å²) >= 11 is 0. The molecule has 126 valence electrons. The lowest BCUT2D eigenvalue weighted by molar-refractivity contribution is -0.385. The molecule has 1 N–H and O–H groups in total. The minimum atomic E-state index is -0.477. The summed E-state index contributed by atoms with van der Waals surface area (Å²) in [5, 5.41) is 13.6. The van der Waals surface area contributed by atoms with E-state index in [-0.39, 0.29) is 18.0 Å². The number of carbonyl (C=O) groups is 1. The second-order valence-corrected chi connectivity index (χ2v) is 5.49. The first-order valence-electron chi connectivity index (χ1n) is 7.57. The lowest BCUT2D eigenvalue weighted by Gasteiger charge is -2.05. The van der Waals surface area contributed by atoms with Crippen LogP contribution in [-0.2, 0) is 11.2 Å². The SMILES string of the molecule is Cc1ccc(NC(=O)Cc2coc(-c3ccccc3)n2)cc1[N+](=O)[O-]. The van der Waals surface area contributed by atoms with Gasteiger partial charge in [-0.1, -0.05) is 24.3 Å². The van der Waals surface area contributed by atoms with Crippen molar-refractivity contribution in [1.29, 1.82) is 0 Å². The monoisotopic (exact) mass is 337 g/mol. The third-order valence-electron chi connectivity index (χ3n) is 3.60. The van der Waals surface area contributed by atoms with Crippen LogP contribution >= 0.6 is 0 Å². The minimum absolute atomic E-state index is 0.0119. The number of carbonyl (C=O) groups excluding carboxylic acids is 1. The zero-order chi connectivity index (χ0) is 17.8. The number of oxazole rings is 1. The molecule has 3 rings (SSSR count). The van der Waals surface area contributed by atoms with E-state index in [1.54, 1.807) is 19.1 Å². The largest absolute Gasteiger partial charge is 0.444 e. The van der Waals surface area contributed by atoms with E-state index in [0.717, 1.165) is 5.56 Å². The van der Waals surface area contributed by atoms with Gasteiger partial charge in [-0.15, -0.1) is 0 Å². The summed E-state index contributed by atoms with van der Waals surface area (Å²) in [5.41, 5.74) is 2.17. The molecule has 0 aliphatic rings. The number of hydrogen-bond donors (Lipinski definition) is 1. The maximum Gasteiger partial charge on any atom is 0.274 e. The Bertz CT molecular complexity index is 919. The Labute approximate surface area is 143 Å². The summed E-state index contributed by atoms with van der Waals surface area (Å²) in [7, 11) is 0. The van der Waals surface area contributed by atoms with Gasteiger partial charge in [0.25, 0.3) is 5.69 Å². The Balaban J connectivity index is 1.68. The third-order valence-corrected chi connectivity index (χ3v) is 3.60. The molecule has 0 bridgehead atoms. The van der Waals surface area contributed by atoms with E-state index < -0.39 is 4.92 Å². The van der Waals surface area contributed by atoms with Crippen molar-refractivity contribution in [2.45, 2.75) is 13.3 Å². The van der Waals surface area contributed by atoms with Gasteiger partial charge >= 0.3 is 0 Å². The number of anilines is 1. The van der Waals surface area contributed by atoms with Crippen molar-refractivity contribution in [3.05, 3.63) is 76.2 Å². The molecule has 25 heavy (non-hydrogen) atoms. The van der Waals surface area contributed by atoms with Crippen molar-refractivity contribution >= 4 is 17.3 Å². The molecule has 0 aliphatic heterocycles. The van der Waals surface area contributed by atoms with Gasteiger partial charge in [0.05, 0.1) is 17.0 Å². The van der Waals surface area contributed by atoms with E-state index >= 15 is 0 Å². The molecule has 1 aromatic heterocycles. The molecule has 0 unspecified atom stereocenters. The second kappa shape index (κ2) is 6.96. The average molecular weight is 337 g/mol. The average Bonchev–Trinajstić information content (AvgIpc) is 3.05. The predicted molar refractivity (Wildman–Crippen MR) is 92.1 cm³/mol. The molecular formula is C18H15N3O4. The maximum atomic E-state index is 12.1. The first-order valence-corrected chi connectivity index (χ1v) is 7.57. The topological polar surface area (TPSA) is 98.3 Å². The maximum absolute atomic E-state index is 12.1. The van der Waals surface area contributed by atoms with Crippen molar-refractivity contribution in [1.82, 2.24) is 4.98 Å². The molecular weight excluding hydrogens is 322 g/mol. The van der Waals surface area contributed by atoms with Crippen LogP contribution in [0, 0.1) is 17.0 Å². The van der Waals surface area contributed by atoms with Crippen molar-refractivity contribution in [2.24, 2.45) is 0 Å². The molecule has 1 amide bonds. The van der Waals surface area contributed by atoms with Crippen molar-refractivity contribution < 1.29 is 14.1 Å². The summed E-state index contributed by atoms with van der Waals surface area (Å²) in [4.78, 5) is 26.9. The number of nitro benzene ring substituents is 1. The fourth-order valence-corrected chi connectivity index (χ4v) is 2.36. The summed E-state index contributed by atoms with van der Waals surface area (Å²) in [5.74, 6) is 0.112. The highest BCUT2D eigenvalue weighted by Crippen LogP contribution is 2.23. The minimum Gasteiger partial charge on any atom is -0.444 e. The van der Waals surface area contributed by atoms with Gasteiger partial charge in [0.1, 0.15) is 6.26 Å². The normalized spacial score (nSPS) is 10.4. The summed E-state index contributed by atoms with van der Waals surface area (Å²) in [6, 6.07) is 13.9. The Hall–Kier alpha value is -3.48. The lowest BCUT2D eigenvalue weighted by Crippen LogP contribution is -2.14. The van der Waals surface area contributed by atoms with Crippen LogP contribution in [0.15, 0.2) is 59.2 Å². The molecule has 3 aromatic rings. The smallest absolute Gasteiger partial charge is 0.274 e. The number of aryl methyl sites for hydroxylation is 1. The van der Waals surface area contributed by atoms with Gasteiger partial charge in [-0.05, 0) is 25.1 Å². The number of rotatable bonds is 5. The van der Waals surface area contributed by atoms with E-state index in [2.05, 4.69) is 10.3 Å². The van der Waals surface area contributed by atoms with Crippen molar-refractivity contribution in [2.75, 3.05) is 5.32 Å². The first-order chi connectivity index (χ1) is 12.0. The van der Waals surface area contributed by atoms with Gasteiger partial charge in [-0.25, -0.2) is 4.98 Å². The first kappa shape index (κ1) is 16.4. The zero-order valence-electron chi connectivity index (χ0n) is 13.4. The standard InChI is InChI=1S/C18H15N3O4/c1-12-7-8-14(9-16(12)21(23)24)19-17(22)10-15-11-25-18(20-15)13-5-3-2-4-6-13/h2-9,11H,10H2,1H3,(H,19,22). The summed E-state index contributed by atoms with van der Waals surface area (Å²) in [6.07, 6.45) is 1.44. The van der Waals surface area contributed by atoms with Gasteiger partial charge < -0.3 is 9.73 Å². The fourth-order valence-electron chi connectivity index (χ4n) is 2.36. The van der Waals surface area contributed by atoms with E-state index in [0.29, 0.717) is 22.8 Å². The molecule has 0 saturated carbocycles. The van der Waals surface area contributed by atoms with Gasteiger partial charge in [0.2, 0.25) is 11.8 Å². The van der Waals surface area contributed by atoms with E-state index in [1.807, 2.05) is 30.3 Å². The van der Waals surface area contributed by atoms with Crippen LogP contribution in [0.3, 0.4) is 0 Å². The number of hydrogen-bond acceptors (Lipinski definition) is 5. The second-order valence-electron chi connectivity index (χ2n) is 5.49. The lowest BCUT2D eigenvalue weighted by atomic mass is 10.2. The number of nitro groups is 1. The molecule has 2 aromatic carbocycles. The van der Waals surface area contributed by atoms with Crippen molar-refractivity contribution in [3.63, 3.8) is 0 Å². The predicted octanol–water partition coefficient (Wildman–Crippen LogP) is 3.74. The van der Waals surface area contributed by atoms with Crippen LogP contribution in [0.1, 0.15) is 11.3 Å². The van der Waals surface area contributed by atoms with Gasteiger partial charge in [0.15, 0.2) is 0 Å². The summed E-state index contributed by atoms with van der Waals surface area (Å²) in [6.45, 7) is 1.64. The molecule has 1 heterocycles. The Morgan fingerprint density at radius 1 is 1.24 bits per heavy atom. The number of aromatic nitrogens is 1. The highest BCUT2D eigenvalue weighted by Gasteiger charge is 2.14. The highest BCUT2D eigenvalue weighted by molar-refractivity contribution is 5.92. The van der Waals surface area contributed by atoms with Gasteiger partial charge in [-0.2, -0.15) is 0 Å². The van der Waals surface area contributed by atoms with E-state index in [1.165, 1.54) is 12.3 Å². The highest BCUT2D eigenvalue weighted by atomic mass is 16.6. The van der Waals surface area contributed by atoms with Crippen molar-refractivity contribution in [3.8, 4) is 11.5 Å². The molecule has 7 nitrogen and oxygen atoms in total.